The number of benzene rings is 3. The summed E-state index contributed by atoms with van der Waals surface area (Å²) in [6.45, 7) is 3.68. The minimum Gasteiger partial charge on any atom is -0.377 e. The number of anilines is 3. The molecular formula is C27H34N5O6PS2. The van der Waals surface area contributed by atoms with Gasteiger partial charge in [-0.15, -0.1) is 11.3 Å². The van der Waals surface area contributed by atoms with Gasteiger partial charge in [0.1, 0.15) is 6.23 Å². The van der Waals surface area contributed by atoms with E-state index in [1.165, 1.54) is 11.3 Å². The molecule has 1 unspecified atom stereocenters. The highest BCUT2D eigenvalue weighted by molar-refractivity contribution is 7.93. The molecule has 220 valence electrons. The number of aromatic nitrogens is 1. The van der Waals surface area contributed by atoms with Crippen molar-refractivity contribution in [2.45, 2.75) is 25.0 Å². The molecule has 0 spiro atoms. The first-order valence-electron chi connectivity index (χ1n) is 12.9. The number of aliphatic hydroxyl groups is 1. The van der Waals surface area contributed by atoms with E-state index in [0.29, 0.717) is 27.5 Å². The van der Waals surface area contributed by atoms with Gasteiger partial charge in [-0.1, -0.05) is 36.4 Å². The van der Waals surface area contributed by atoms with E-state index in [2.05, 4.69) is 20.1 Å². The molecule has 4 N–H and O–H groups in total. The van der Waals surface area contributed by atoms with E-state index in [1.54, 1.807) is 55.6 Å². The Labute approximate surface area is 244 Å². The normalized spacial score (nSPS) is 12.8. The van der Waals surface area contributed by atoms with Gasteiger partial charge in [0.05, 0.1) is 30.3 Å². The molecule has 0 bridgehead atoms. The maximum Gasteiger partial charge on any atom is 0.405 e. The second-order valence-electron chi connectivity index (χ2n) is 9.10. The number of rotatable bonds is 14. The fourth-order valence-corrected chi connectivity index (χ4v) is 7.55. The number of fused-ring (bicyclic) bond motifs is 1. The van der Waals surface area contributed by atoms with Crippen molar-refractivity contribution >= 4 is 56.4 Å². The average Bonchev–Trinajstić information content (AvgIpc) is 3.40. The third kappa shape index (κ3) is 7.63. The van der Waals surface area contributed by atoms with Gasteiger partial charge in [-0.3, -0.25) is 13.8 Å². The Morgan fingerprint density at radius 2 is 1.71 bits per heavy atom. The highest BCUT2D eigenvalue weighted by atomic mass is 32.2. The van der Waals surface area contributed by atoms with Crippen LogP contribution in [0.5, 0.6) is 0 Å². The summed E-state index contributed by atoms with van der Waals surface area (Å²) in [4.78, 5) is 6.64. The van der Waals surface area contributed by atoms with Crippen molar-refractivity contribution in [2.75, 3.05) is 48.8 Å². The zero-order valence-corrected chi connectivity index (χ0v) is 25.7. The van der Waals surface area contributed by atoms with E-state index < -0.39 is 24.0 Å². The average molecular weight is 620 g/mol. The second kappa shape index (κ2) is 13.3. The van der Waals surface area contributed by atoms with E-state index in [9.17, 15) is 18.1 Å². The zero-order valence-electron chi connectivity index (χ0n) is 23.2. The van der Waals surface area contributed by atoms with E-state index in [0.717, 1.165) is 11.1 Å². The molecule has 0 aliphatic carbocycles. The summed E-state index contributed by atoms with van der Waals surface area (Å²) in [5.74, 6) is 0. The molecule has 0 saturated heterocycles. The van der Waals surface area contributed by atoms with Crippen LogP contribution in [0.1, 0.15) is 13.8 Å². The van der Waals surface area contributed by atoms with Crippen molar-refractivity contribution in [3.8, 4) is 11.3 Å². The molecule has 0 aliphatic rings. The summed E-state index contributed by atoms with van der Waals surface area (Å²) in [6, 6.07) is 17.8. The lowest BCUT2D eigenvalue weighted by atomic mass is 10.1. The van der Waals surface area contributed by atoms with E-state index in [4.69, 9.17) is 9.05 Å². The Hall–Kier alpha value is -3.03. The van der Waals surface area contributed by atoms with Crippen LogP contribution in [-0.2, 0) is 23.6 Å². The molecule has 1 aromatic heterocycles. The lowest BCUT2D eigenvalue weighted by Gasteiger charge is -2.20. The first-order chi connectivity index (χ1) is 19.5. The smallest absolute Gasteiger partial charge is 0.377 e. The lowest BCUT2D eigenvalue weighted by Crippen LogP contribution is -2.32. The van der Waals surface area contributed by atoms with E-state index in [1.807, 2.05) is 43.3 Å². The van der Waals surface area contributed by atoms with Crippen molar-refractivity contribution in [3.63, 3.8) is 0 Å². The van der Waals surface area contributed by atoms with Crippen LogP contribution in [0.15, 0.2) is 70.9 Å². The maximum atomic E-state index is 13.5. The van der Waals surface area contributed by atoms with Crippen molar-refractivity contribution < 1.29 is 27.1 Å². The highest BCUT2D eigenvalue weighted by Crippen LogP contribution is 2.43. The quantitative estimate of drug-likeness (QED) is 0.108. The molecule has 41 heavy (non-hydrogen) atoms. The van der Waals surface area contributed by atoms with Gasteiger partial charge >= 0.3 is 7.75 Å². The SMILES string of the molecule is CCOP(=O)(NCC(O)Nc1nc(-c2cccc(NS(=O)(=O)c3cccc4c(N(C)C)cccc34)c2)cs1)OCC. The zero-order chi connectivity index (χ0) is 29.6. The number of aliphatic hydroxyl groups excluding tert-OH is 1. The molecule has 3 aromatic carbocycles. The van der Waals surface area contributed by atoms with Gasteiger partial charge < -0.3 is 15.3 Å². The topological polar surface area (TPSA) is 142 Å². The van der Waals surface area contributed by atoms with Gasteiger partial charge in [0.2, 0.25) is 0 Å². The van der Waals surface area contributed by atoms with Gasteiger partial charge in [-0.25, -0.2) is 23.1 Å². The van der Waals surface area contributed by atoms with Crippen LogP contribution >= 0.6 is 19.1 Å². The number of nitrogens with zero attached hydrogens (tertiary/aromatic N) is 2. The number of thiazole rings is 1. The third-order valence-corrected chi connectivity index (χ3v) is 9.89. The van der Waals surface area contributed by atoms with Crippen LogP contribution in [0.25, 0.3) is 22.0 Å². The lowest BCUT2D eigenvalue weighted by molar-refractivity contribution is 0.183. The molecule has 4 aromatic rings. The van der Waals surface area contributed by atoms with Crippen molar-refractivity contribution in [3.05, 3.63) is 66.0 Å². The van der Waals surface area contributed by atoms with Gasteiger partial charge in [0, 0.05) is 47.2 Å². The molecule has 4 rings (SSSR count). The Bertz CT molecular complexity index is 1640. The van der Waals surface area contributed by atoms with E-state index in [-0.39, 0.29) is 24.7 Å². The van der Waals surface area contributed by atoms with Gasteiger partial charge in [0.25, 0.3) is 10.0 Å². The summed E-state index contributed by atoms with van der Waals surface area (Å²) in [6.07, 6.45) is -1.12. The largest absolute Gasteiger partial charge is 0.405 e. The predicted octanol–water partition coefficient (Wildman–Crippen LogP) is 5.33. The second-order valence-corrected chi connectivity index (χ2v) is 13.4. The Balaban J connectivity index is 1.48. The predicted molar refractivity (Wildman–Crippen MR) is 165 cm³/mol. The monoisotopic (exact) mass is 619 g/mol. The number of sulfonamides is 1. The maximum absolute atomic E-state index is 13.5. The first-order valence-corrected chi connectivity index (χ1v) is 16.8. The fourth-order valence-electron chi connectivity index (χ4n) is 4.17. The van der Waals surface area contributed by atoms with Crippen LogP contribution in [0, 0.1) is 0 Å². The molecule has 11 nitrogen and oxygen atoms in total. The Kier molecular flexibility index (Phi) is 10.0. The summed E-state index contributed by atoms with van der Waals surface area (Å²) in [7, 11) is -3.58. The van der Waals surface area contributed by atoms with Gasteiger partial charge in [-0.05, 0) is 38.1 Å². The van der Waals surface area contributed by atoms with Crippen molar-refractivity contribution in [1.82, 2.24) is 10.1 Å². The molecule has 0 aliphatic heterocycles. The van der Waals surface area contributed by atoms with Crippen molar-refractivity contribution in [1.29, 1.82) is 0 Å². The molecule has 0 radical (unpaired) electrons. The third-order valence-electron chi connectivity index (χ3n) is 5.91. The molecule has 1 atom stereocenters. The Morgan fingerprint density at radius 3 is 2.41 bits per heavy atom. The first kappa shape index (κ1) is 30.9. The van der Waals surface area contributed by atoms with E-state index >= 15 is 0 Å². The number of hydrogen-bond donors (Lipinski definition) is 4. The molecule has 1 heterocycles. The van der Waals surface area contributed by atoms with Crippen LogP contribution in [0.3, 0.4) is 0 Å². The Morgan fingerprint density at radius 1 is 1.02 bits per heavy atom. The minimum atomic E-state index is -3.90. The summed E-state index contributed by atoms with van der Waals surface area (Å²) < 4.78 is 52.5. The fraction of sp³-hybridized carbons (Fsp3) is 0.296. The highest BCUT2D eigenvalue weighted by Gasteiger charge is 2.24. The number of hydrogen-bond acceptors (Lipinski definition) is 10. The molecule has 0 amide bonds. The number of nitrogens with one attached hydrogen (secondary N) is 3. The molecule has 0 saturated carbocycles. The van der Waals surface area contributed by atoms with Gasteiger partial charge in [-0.2, -0.15) is 0 Å². The standard InChI is InChI=1S/C27H34N5O6PS2/c1-5-37-39(34,38-6-2)28-17-26(33)30-27-29-23(18-40-27)19-10-7-11-20(16-19)31-41(35,36)25-15-9-12-21-22(25)13-8-14-24(21)32(3)4/h7-16,18,26,31,33H,5-6,17H2,1-4H3,(H,28,34)(H,29,30). The van der Waals surface area contributed by atoms with Crippen molar-refractivity contribution in [2.24, 2.45) is 0 Å². The van der Waals surface area contributed by atoms with Gasteiger partial charge in [0.15, 0.2) is 5.13 Å². The molecule has 0 fully saturated rings. The van der Waals surface area contributed by atoms with Crippen LogP contribution in [0.4, 0.5) is 16.5 Å². The minimum absolute atomic E-state index is 0.104. The molecule has 14 heteroatoms. The summed E-state index contributed by atoms with van der Waals surface area (Å²) >= 11 is 1.26. The van der Waals surface area contributed by atoms with Crippen LogP contribution < -0.4 is 20.0 Å². The van der Waals surface area contributed by atoms with Crippen LogP contribution in [-0.4, -0.2) is 58.6 Å². The summed E-state index contributed by atoms with van der Waals surface area (Å²) in [5.41, 5.74) is 2.59. The summed E-state index contributed by atoms with van der Waals surface area (Å²) in [5, 5.41) is 19.5. The molecular weight excluding hydrogens is 585 g/mol. The van der Waals surface area contributed by atoms with Crippen LogP contribution in [0.2, 0.25) is 0 Å².